The zero-order chi connectivity index (χ0) is 28.3. The van der Waals surface area contributed by atoms with Crippen molar-refractivity contribution in [3.8, 4) is 22.4 Å². The second-order valence-corrected chi connectivity index (χ2v) is 12.3. The van der Waals surface area contributed by atoms with Crippen LogP contribution in [0.4, 0.5) is 14.6 Å². The summed E-state index contributed by atoms with van der Waals surface area (Å²) in [6.45, 7) is -0.566. The Hall–Kier alpha value is -3.97. The van der Waals surface area contributed by atoms with Gasteiger partial charge in [-0.1, -0.05) is 6.07 Å². The van der Waals surface area contributed by atoms with Crippen molar-refractivity contribution in [2.45, 2.75) is 48.6 Å². The number of hydrogen-bond donors (Lipinski definition) is 2. The Morgan fingerprint density at radius 3 is 2.42 bits per heavy atom. The van der Waals surface area contributed by atoms with Crippen LogP contribution in [0.1, 0.15) is 37.3 Å². The monoisotopic (exact) mass is 568 g/mol. The molecule has 40 heavy (non-hydrogen) atoms. The summed E-state index contributed by atoms with van der Waals surface area (Å²) in [5.74, 6) is -2.08. The van der Waals surface area contributed by atoms with E-state index < -0.39 is 28.1 Å². The van der Waals surface area contributed by atoms with Gasteiger partial charge in [-0.15, -0.1) is 0 Å². The maximum Gasteiger partial charge on any atom is 0.248 e. The van der Waals surface area contributed by atoms with Crippen LogP contribution in [0.25, 0.3) is 28.0 Å². The highest BCUT2D eigenvalue weighted by molar-refractivity contribution is 7.91. The fraction of sp³-hybridized carbons (Fsp3) is 0.333. The summed E-state index contributed by atoms with van der Waals surface area (Å²) in [6, 6.07) is 6.31. The molecule has 4 aromatic rings. The van der Waals surface area contributed by atoms with Crippen LogP contribution < -0.4 is 5.73 Å². The number of nitrogens with two attached hydrogens (primary N) is 1. The highest BCUT2D eigenvalue weighted by atomic mass is 32.2. The predicted octanol–water partition coefficient (Wildman–Crippen LogP) is 2.95. The number of aliphatic hydroxyl groups excluding tert-OH is 1. The van der Waals surface area contributed by atoms with Crippen LogP contribution >= 0.6 is 0 Å². The average Bonchev–Trinajstić information content (AvgIpc) is 3.45. The Morgan fingerprint density at radius 2 is 1.82 bits per heavy atom. The van der Waals surface area contributed by atoms with Crippen LogP contribution in [0.2, 0.25) is 0 Å². The molecule has 6 rings (SSSR count). The van der Waals surface area contributed by atoms with Gasteiger partial charge < -0.3 is 15.7 Å². The number of rotatable bonds is 5. The van der Waals surface area contributed by atoms with Crippen molar-refractivity contribution in [1.29, 1.82) is 0 Å². The highest BCUT2D eigenvalue weighted by Crippen LogP contribution is 2.45. The van der Waals surface area contributed by atoms with Gasteiger partial charge in [0, 0.05) is 53.2 Å². The Balaban J connectivity index is 1.43. The number of nitrogens with zero attached hydrogens (tertiary/aromatic N) is 5. The van der Waals surface area contributed by atoms with E-state index in [0.29, 0.717) is 41.0 Å². The van der Waals surface area contributed by atoms with Crippen molar-refractivity contribution in [1.82, 2.24) is 24.5 Å². The number of aromatic nitrogens is 4. The van der Waals surface area contributed by atoms with Crippen LogP contribution in [-0.2, 0) is 14.6 Å². The minimum Gasteiger partial charge on any atom is -0.387 e. The number of piperidine rings is 1. The number of anilines is 1. The lowest BCUT2D eigenvalue weighted by Crippen LogP contribution is -2.47. The first-order chi connectivity index (χ1) is 19.1. The lowest BCUT2D eigenvalue weighted by molar-refractivity contribution is -0.138. The van der Waals surface area contributed by atoms with Crippen LogP contribution in [0.3, 0.4) is 0 Å². The smallest absolute Gasteiger partial charge is 0.248 e. The molecule has 13 heteroatoms. The summed E-state index contributed by atoms with van der Waals surface area (Å²) < 4.78 is 54.7. The van der Waals surface area contributed by atoms with E-state index in [4.69, 9.17) is 10.7 Å². The van der Waals surface area contributed by atoms with Gasteiger partial charge in [0.2, 0.25) is 5.91 Å². The number of halogens is 2. The van der Waals surface area contributed by atoms with Gasteiger partial charge >= 0.3 is 0 Å². The third-order valence-corrected chi connectivity index (χ3v) is 9.02. The van der Waals surface area contributed by atoms with Gasteiger partial charge in [-0.2, -0.15) is 9.61 Å². The summed E-state index contributed by atoms with van der Waals surface area (Å²) >= 11 is 0. The zero-order valence-corrected chi connectivity index (χ0v) is 22.3. The number of nitrogen functional groups attached to an aromatic ring is 1. The summed E-state index contributed by atoms with van der Waals surface area (Å²) in [5, 5.41) is 13.7. The standard InChI is InChI=1S/C27H26F2N6O4S/c1-40(38,39)25-24(15-8-17-4-5-18(9-15)34(17)23(37)13-36)33-27-20(12-32-35(27)26(25)30)14-2-7-22(31-11-14)19-6-3-16(28)10-21(19)29/h2-3,6-7,10-12,15,17-18,36H,4-5,8-9,13,30H2,1H3. The first kappa shape index (κ1) is 26.3. The van der Waals surface area contributed by atoms with Crippen molar-refractivity contribution >= 4 is 27.2 Å². The van der Waals surface area contributed by atoms with Gasteiger partial charge in [0.15, 0.2) is 15.5 Å². The number of benzene rings is 1. The molecule has 0 saturated carbocycles. The molecule has 2 bridgehead atoms. The molecular weight excluding hydrogens is 542 g/mol. The predicted molar refractivity (Wildman–Crippen MR) is 142 cm³/mol. The SMILES string of the molecule is CS(=O)(=O)c1c(C2CC3CCC(C2)N3C(=O)CO)nc2c(-c3ccc(-c4ccc(F)cc4F)nc3)cnn2c1N. The van der Waals surface area contributed by atoms with E-state index in [1.54, 1.807) is 17.0 Å². The molecule has 10 nitrogen and oxygen atoms in total. The molecular formula is C27H26F2N6O4S. The second kappa shape index (κ2) is 9.59. The lowest BCUT2D eigenvalue weighted by atomic mass is 9.87. The summed E-state index contributed by atoms with van der Waals surface area (Å²) in [4.78, 5) is 23.1. The number of aliphatic hydroxyl groups is 1. The number of carbonyl (C=O) groups is 1. The van der Waals surface area contributed by atoms with Crippen molar-refractivity contribution in [3.63, 3.8) is 0 Å². The van der Waals surface area contributed by atoms with Gasteiger partial charge in [-0.3, -0.25) is 9.78 Å². The van der Waals surface area contributed by atoms with E-state index in [2.05, 4.69) is 10.1 Å². The topological polar surface area (TPSA) is 144 Å². The van der Waals surface area contributed by atoms with Gasteiger partial charge in [-0.05, 0) is 43.9 Å². The Labute approximate surface area is 228 Å². The van der Waals surface area contributed by atoms with E-state index >= 15 is 0 Å². The molecule has 0 spiro atoms. The van der Waals surface area contributed by atoms with E-state index in [1.165, 1.54) is 23.0 Å². The van der Waals surface area contributed by atoms with Gasteiger partial charge in [0.25, 0.3) is 0 Å². The molecule has 1 aromatic carbocycles. The molecule has 2 fully saturated rings. The van der Waals surface area contributed by atoms with Gasteiger partial charge in [0.05, 0.1) is 17.6 Å². The van der Waals surface area contributed by atoms with E-state index in [9.17, 15) is 27.1 Å². The largest absolute Gasteiger partial charge is 0.387 e. The van der Waals surface area contributed by atoms with Crippen LogP contribution in [0, 0.1) is 11.6 Å². The Bertz CT molecular complexity index is 1750. The molecule has 3 aromatic heterocycles. The first-order valence-electron chi connectivity index (χ1n) is 12.8. The molecule has 0 radical (unpaired) electrons. The number of pyridine rings is 1. The van der Waals surface area contributed by atoms with Crippen LogP contribution in [0.15, 0.2) is 47.6 Å². The van der Waals surface area contributed by atoms with Crippen LogP contribution in [0.5, 0.6) is 0 Å². The van der Waals surface area contributed by atoms with Crippen molar-refractivity contribution in [3.05, 3.63) is 60.1 Å². The quantitative estimate of drug-likeness (QED) is 0.374. The minimum atomic E-state index is -3.80. The molecule has 2 saturated heterocycles. The third-order valence-electron chi connectivity index (χ3n) is 7.86. The maximum atomic E-state index is 14.3. The Morgan fingerprint density at radius 1 is 1.10 bits per heavy atom. The normalized spacial score (nSPS) is 20.8. The fourth-order valence-electron chi connectivity index (χ4n) is 6.18. The number of amides is 1. The lowest BCUT2D eigenvalue weighted by Gasteiger charge is -2.39. The number of sulfone groups is 1. The summed E-state index contributed by atoms with van der Waals surface area (Å²) in [6.07, 6.45) is 6.63. The molecule has 3 N–H and O–H groups in total. The molecule has 2 atom stereocenters. The van der Waals surface area contributed by atoms with Crippen molar-refractivity contribution in [2.75, 3.05) is 18.6 Å². The van der Waals surface area contributed by atoms with Crippen molar-refractivity contribution < 1.29 is 27.1 Å². The molecule has 1 amide bonds. The number of fused-ring (bicyclic) bond motifs is 3. The van der Waals surface area contributed by atoms with Crippen LogP contribution in [-0.4, -0.2) is 68.9 Å². The average molecular weight is 569 g/mol. The second-order valence-electron chi connectivity index (χ2n) is 10.3. The maximum absolute atomic E-state index is 14.3. The third kappa shape index (κ3) is 4.29. The molecule has 5 heterocycles. The van der Waals surface area contributed by atoms with E-state index in [0.717, 1.165) is 31.2 Å². The van der Waals surface area contributed by atoms with Gasteiger partial charge in [0.1, 0.15) is 29.0 Å². The minimum absolute atomic E-state index is 0.0621. The summed E-state index contributed by atoms with van der Waals surface area (Å²) in [7, 11) is -3.80. The number of hydrogen-bond acceptors (Lipinski definition) is 8. The van der Waals surface area contributed by atoms with Crippen molar-refractivity contribution in [2.24, 2.45) is 0 Å². The number of carbonyl (C=O) groups excluding carboxylic acids is 1. The highest BCUT2D eigenvalue weighted by Gasteiger charge is 2.45. The fourth-order valence-corrected chi connectivity index (χ4v) is 7.24. The summed E-state index contributed by atoms with van der Waals surface area (Å²) in [5.41, 5.74) is 8.68. The molecule has 2 unspecified atom stereocenters. The zero-order valence-electron chi connectivity index (χ0n) is 21.5. The Kier molecular flexibility index (Phi) is 6.30. The van der Waals surface area contributed by atoms with Gasteiger partial charge in [-0.25, -0.2) is 22.2 Å². The van der Waals surface area contributed by atoms with E-state index in [1.807, 2.05) is 0 Å². The molecule has 2 aliphatic rings. The molecule has 0 aliphatic carbocycles. The molecule has 208 valence electrons. The molecule has 2 aliphatic heterocycles. The first-order valence-corrected chi connectivity index (χ1v) is 14.7. The van der Waals surface area contributed by atoms with E-state index in [-0.39, 0.29) is 40.2 Å².